The molecule has 20 heavy (non-hydrogen) atoms. The van der Waals surface area contributed by atoms with E-state index in [1.54, 1.807) is 0 Å². The molecule has 2 heterocycles. The normalized spacial score (nSPS) is 11.9. The van der Waals surface area contributed by atoms with Crippen LogP contribution >= 0.6 is 23.6 Å². The number of aryl methyl sites for hydroxylation is 1. The van der Waals surface area contributed by atoms with E-state index in [9.17, 15) is 4.79 Å². The van der Waals surface area contributed by atoms with Gasteiger partial charge < -0.3 is 5.32 Å². The first-order valence-corrected chi connectivity index (χ1v) is 7.75. The standard InChI is InChI=1S/C15H16N2OS2/c1-3-16-15(19)13(14(18)12-7-5-9-20-12)17-8-4-6-11(2)10-17/h4-10,13H,3H2,1-2H3/p+1. The zero-order chi connectivity index (χ0) is 14.5. The van der Waals surface area contributed by atoms with Gasteiger partial charge in [-0.2, -0.15) is 4.57 Å². The number of ketones is 1. The van der Waals surface area contributed by atoms with Crippen molar-refractivity contribution in [3.8, 4) is 0 Å². The summed E-state index contributed by atoms with van der Waals surface area (Å²) in [6, 6.07) is 7.17. The van der Waals surface area contributed by atoms with E-state index in [0.29, 0.717) is 11.5 Å². The average molecular weight is 305 g/mol. The van der Waals surface area contributed by atoms with E-state index in [4.69, 9.17) is 12.2 Å². The Kier molecular flexibility index (Phi) is 4.98. The van der Waals surface area contributed by atoms with Crippen LogP contribution in [0, 0.1) is 6.92 Å². The van der Waals surface area contributed by atoms with Crippen molar-refractivity contribution in [2.45, 2.75) is 19.9 Å². The lowest BCUT2D eigenvalue weighted by Crippen LogP contribution is -2.51. The van der Waals surface area contributed by atoms with E-state index in [1.165, 1.54) is 11.3 Å². The van der Waals surface area contributed by atoms with Gasteiger partial charge in [0, 0.05) is 18.2 Å². The summed E-state index contributed by atoms with van der Waals surface area (Å²) >= 11 is 6.85. The van der Waals surface area contributed by atoms with Crippen LogP contribution in [-0.4, -0.2) is 17.3 Å². The number of Topliss-reactive ketones (excluding diaryl/α,β-unsaturated/α-hetero) is 1. The van der Waals surface area contributed by atoms with E-state index in [1.807, 2.05) is 60.5 Å². The van der Waals surface area contributed by atoms with Crippen LogP contribution in [0.25, 0.3) is 0 Å². The minimum Gasteiger partial charge on any atom is -0.374 e. The number of nitrogens with one attached hydrogen (secondary N) is 1. The van der Waals surface area contributed by atoms with Crippen molar-refractivity contribution >= 4 is 34.3 Å². The third-order valence-electron chi connectivity index (χ3n) is 2.88. The highest BCUT2D eigenvalue weighted by Crippen LogP contribution is 2.16. The molecule has 0 bridgehead atoms. The molecule has 0 radical (unpaired) electrons. The molecule has 0 aromatic carbocycles. The van der Waals surface area contributed by atoms with Gasteiger partial charge in [0.25, 0.3) is 6.04 Å². The quantitative estimate of drug-likeness (QED) is 0.524. The third kappa shape index (κ3) is 3.29. The lowest BCUT2D eigenvalue weighted by Gasteiger charge is -2.13. The first-order chi connectivity index (χ1) is 9.63. The van der Waals surface area contributed by atoms with Crippen LogP contribution < -0.4 is 9.88 Å². The summed E-state index contributed by atoms with van der Waals surface area (Å²) in [5.74, 6) is 0.0292. The number of thiocarbonyl (C=S) groups is 1. The molecule has 104 valence electrons. The smallest absolute Gasteiger partial charge is 0.271 e. The van der Waals surface area contributed by atoms with E-state index in [2.05, 4.69) is 5.32 Å². The second-order valence-electron chi connectivity index (χ2n) is 4.47. The van der Waals surface area contributed by atoms with Gasteiger partial charge in [-0.3, -0.25) is 4.79 Å². The molecule has 5 heteroatoms. The highest BCUT2D eigenvalue weighted by atomic mass is 32.1. The largest absolute Gasteiger partial charge is 0.374 e. The lowest BCUT2D eigenvalue weighted by atomic mass is 10.1. The monoisotopic (exact) mass is 305 g/mol. The molecular weight excluding hydrogens is 288 g/mol. The number of likely N-dealkylation sites (N-methyl/N-ethyl adjacent to an activating group) is 1. The number of carbonyl (C=O) groups is 1. The van der Waals surface area contributed by atoms with Crippen LogP contribution in [0.15, 0.2) is 42.0 Å². The number of pyridine rings is 1. The zero-order valence-electron chi connectivity index (χ0n) is 11.5. The highest BCUT2D eigenvalue weighted by Gasteiger charge is 2.33. The van der Waals surface area contributed by atoms with Crippen LogP contribution in [0.2, 0.25) is 0 Å². The molecule has 2 rings (SSSR count). The molecular formula is C15H17N2OS2+. The first kappa shape index (κ1) is 14.8. The molecule has 0 aliphatic heterocycles. The summed E-state index contributed by atoms with van der Waals surface area (Å²) in [7, 11) is 0. The molecule has 2 aromatic rings. The summed E-state index contributed by atoms with van der Waals surface area (Å²) in [6.07, 6.45) is 3.83. The van der Waals surface area contributed by atoms with Crippen LogP contribution in [0.5, 0.6) is 0 Å². The molecule has 0 saturated carbocycles. The SMILES string of the molecule is CCNC(=S)C(C(=O)c1cccs1)[n+]1cccc(C)c1. The molecule has 0 saturated heterocycles. The van der Waals surface area contributed by atoms with Crippen molar-refractivity contribution < 1.29 is 9.36 Å². The fourth-order valence-corrected chi connectivity index (χ4v) is 3.05. The summed E-state index contributed by atoms with van der Waals surface area (Å²) in [5, 5.41) is 5.01. The van der Waals surface area contributed by atoms with Gasteiger partial charge in [0.2, 0.25) is 5.78 Å². The minimum absolute atomic E-state index is 0.0292. The molecule has 1 unspecified atom stereocenters. The van der Waals surface area contributed by atoms with Gasteiger partial charge in [-0.25, -0.2) is 0 Å². The maximum Gasteiger partial charge on any atom is 0.271 e. The van der Waals surface area contributed by atoms with Crippen LogP contribution in [0.1, 0.15) is 28.2 Å². The molecule has 0 aliphatic rings. The van der Waals surface area contributed by atoms with Gasteiger partial charge in [-0.1, -0.05) is 18.3 Å². The van der Waals surface area contributed by atoms with Gasteiger partial charge in [0.1, 0.15) is 0 Å². The summed E-state index contributed by atoms with van der Waals surface area (Å²) in [4.78, 5) is 14.0. The van der Waals surface area contributed by atoms with Gasteiger partial charge in [0.15, 0.2) is 17.4 Å². The molecule has 0 spiro atoms. The van der Waals surface area contributed by atoms with Gasteiger partial charge in [-0.05, 0) is 31.4 Å². The van der Waals surface area contributed by atoms with E-state index in [0.717, 1.165) is 10.4 Å². The lowest BCUT2D eigenvalue weighted by molar-refractivity contribution is -0.692. The molecule has 0 fully saturated rings. The zero-order valence-corrected chi connectivity index (χ0v) is 13.1. The van der Waals surface area contributed by atoms with Gasteiger partial charge in [0.05, 0.1) is 4.88 Å². The second kappa shape index (κ2) is 6.72. The van der Waals surface area contributed by atoms with Gasteiger partial charge >= 0.3 is 0 Å². The van der Waals surface area contributed by atoms with Crippen LogP contribution in [0.3, 0.4) is 0 Å². The maximum atomic E-state index is 12.7. The number of thiophene rings is 1. The van der Waals surface area contributed by atoms with Crippen molar-refractivity contribution in [1.82, 2.24) is 5.32 Å². The number of hydrogen-bond donors (Lipinski definition) is 1. The number of carbonyl (C=O) groups excluding carboxylic acids is 1. The Labute approximate surface area is 128 Å². The van der Waals surface area contributed by atoms with Crippen LogP contribution in [-0.2, 0) is 0 Å². The van der Waals surface area contributed by atoms with Crippen molar-refractivity contribution in [2.75, 3.05) is 6.54 Å². The van der Waals surface area contributed by atoms with Crippen molar-refractivity contribution in [2.24, 2.45) is 0 Å². The third-order valence-corrected chi connectivity index (χ3v) is 4.13. The maximum absolute atomic E-state index is 12.7. The first-order valence-electron chi connectivity index (χ1n) is 6.46. The molecule has 0 aliphatic carbocycles. The minimum atomic E-state index is -0.483. The Bertz CT molecular complexity index is 608. The number of nitrogens with zero attached hydrogens (tertiary/aromatic N) is 1. The Hall–Kier alpha value is -1.59. The molecule has 1 N–H and O–H groups in total. The second-order valence-corrected chi connectivity index (χ2v) is 5.85. The van der Waals surface area contributed by atoms with Crippen molar-refractivity contribution in [3.05, 3.63) is 52.5 Å². The molecule has 0 amide bonds. The average Bonchev–Trinajstić information content (AvgIpc) is 2.93. The Morgan fingerprint density at radius 2 is 2.25 bits per heavy atom. The van der Waals surface area contributed by atoms with Crippen molar-refractivity contribution in [3.63, 3.8) is 0 Å². The predicted molar refractivity (Wildman–Crippen MR) is 85.3 cm³/mol. The van der Waals surface area contributed by atoms with Crippen molar-refractivity contribution in [1.29, 1.82) is 0 Å². The summed E-state index contributed by atoms with van der Waals surface area (Å²) in [6.45, 7) is 4.68. The number of rotatable bonds is 5. The summed E-state index contributed by atoms with van der Waals surface area (Å²) in [5.41, 5.74) is 1.09. The van der Waals surface area contributed by atoms with E-state index >= 15 is 0 Å². The predicted octanol–water partition coefficient (Wildman–Crippen LogP) is 2.70. The fraction of sp³-hybridized carbons (Fsp3) is 0.267. The van der Waals surface area contributed by atoms with Gasteiger partial charge in [-0.15, -0.1) is 11.3 Å². The fourth-order valence-electron chi connectivity index (χ4n) is 1.99. The van der Waals surface area contributed by atoms with E-state index < -0.39 is 6.04 Å². The molecule has 3 nitrogen and oxygen atoms in total. The highest BCUT2D eigenvalue weighted by molar-refractivity contribution is 7.80. The topological polar surface area (TPSA) is 33.0 Å². The molecule has 1 atom stereocenters. The number of hydrogen-bond acceptors (Lipinski definition) is 3. The summed E-state index contributed by atoms with van der Waals surface area (Å²) < 4.78 is 1.88. The number of aromatic nitrogens is 1. The van der Waals surface area contributed by atoms with E-state index in [-0.39, 0.29) is 5.78 Å². The van der Waals surface area contributed by atoms with Crippen LogP contribution in [0.4, 0.5) is 0 Å². The molecule has 2 aromatic heterocycles. The Balaban J connectivity index is 2.39. The Morgan fingerprint density at radius 3 is 2.85 bits per heavy atom. The Morgan fingerprint density at radius 1 is 1.45 bits per heavy atom.